The van der Waals surface area contributed by atoms with Crippen LogP contribution in [-0.2, 0) is 0 Å². The lowest BCUT2D eigenvalue weighted by atomic mass is 9.89. The fourth-order valence-corrected chi connectivity index (χ4v) is 3.00. The summed E-state index contributed by atoms with van der Waals surface area (Å²) in [5.74, 6) is 0.787. The van der Waals surface area contributed by atoms with Gasteiger partial charge < -0.3 is 5.32 Å². The summed E-state index contributed by atoms with van der Waals surface area (Å²) in [4.78, 5) is 0. The minimum atomic E-state index is 0.370. The quantitative estimate of drug-likeness (QED) is 0.662. The van der Waals surface area contributed by atoms with Crippen molar-refractivity contribution in [2.45, 2.75) is 58.9 Å². The van der Waals surface area contributed by atoms with Crippen molar-refractivity contribution in [1.29, 1.82) is 0 Å². The van der Waals surface area contributed by atoms with Crippen LogP contribution in [0.1, 0.15) is 63.1 Å². The van der Waals surface area contributed by atoms with E-state index >= 15 is 0 Å². The van der Waals surface area contributed by atoms with Gasteiger partial charge in [0, 0.05) is 11.1 Å². The van der Waals surface area contributed by atoms with E-state index in [0.717, 1.165) is 10.9 Å². The number of hydrogen-bond acceptors (Lipinski definition) is 1. The van der Waals surface area contributed by atoms with Gasteiger partial charge in [0.1, 0.15) is 0 Å². The number of aryl methyl sites for hydroxylation is 1. The maximum absolute atomic E-state index is 6.39. The summed E-state index contributed by atoms with van der Waals surface area (Å²) in [6.07, 6.45) is 6.37. The lowest BCUT2D eigenvalue weighted by Gasteiger charge is -2.24. The molecule has 0 radical (unpaired) electrons. The van der Waals surface area contributed by atoms with Crippen molar-refractivity contribution in [3.63, 3.8) is 0 Å². The summed E-state index contributed by atoms with van der Waals surface area (Å²) in [6.45, 7) is 6.64. The predicted molar refractivity (Wildman–Crippen MR) is 85.9 cm³/mol. The Kier molecular flexibility index (Phi) is 7.48. The Labute approximate surface area is 123 Å². The second-order valence-electron chi connectivity index (χ2n) is 5.52. The van der Waals surface area contributed by atoms with Crippen molar-refractivity contribution in [3.05, 3.63) is 34.3 Å². The van der Waals surface area contributed by atoms with Crippen molar-refractivity contribution < 1.29 is 0 Å². The Bertz CT molecular complexity index is 376. The van der Waals surface area contributed by atoms with Gasteiger partial charge in [0.2, 0.25) is 0 Å². The second-order valence-corrected chi connectivity index (χ2v) is 5.93. The first-order chi connectivity index (χ1) is 9.12. The molecule has 1 aromatic carbocycles. The number of benzene rings is 1. The molecule has 0 saturated heterocycles. The molecule has 1 N–H and O–H groups in total. The maximum Gasteiger partial charge on any atom is 0.0456 e. The van der Waals surface area contributed by atoms with E-state index in [9.17, 15) is 0 Å². The van der Waals surface area contributed by atoms with Crippen LogP contribution >= 0.6 is 11.6 Å². The molecule has 108 valence electrons. The van der Waals surface area contributed by atoms with Crippen molar-refractivity contribution in [1.82, 2.24) is 5.32 Å². The van der Waals surface area contributed by atoms with Gasteiger partial charge in [0.05, 0.1) is 0 Å². The van der Waals surface area contributed by atoms with E-state index in [0.29, 0.717) is 6.04 Å². The molecule has 2 atom stereocenters. The number of rotatable bonds is 8. The average molecular weight is 282 g/mol. The van der Waals surface area contributed by atoms with Crippen LogP contribution in [0.25, 0.3) is 0 Å². The number of unbranched alkanes of at least 4 members (excludes halogenated alkanes) is 1. The Morgan fingerprint density at radius 3 is 2.53 bits per heavy atom. The highest BCUT2D eigenvalue weighted by atomic mass is 35.5. The summed E-state index contributed by atoms with van der Waals surface area (Å²) in [7, 11) is 2.04. The lowest BCUT2D eigenvalue weighted by molar-refractivity contribution is 0.365. The standard InChI is InChI=1S/C17H28ClN/c1-5-7-8-14(6-2)12-17(19-4)15-10-9-13(3)11-16(15)18/h9-11,14,17,19H,5-8,12H2,1-4H3. The largest absolute Gasteiger partial charge is 0.313 e. The fourth-order valence-electron chi connectivity index (χ4n) is 2.63. The van der Waals surface area contributed by atoms with Crippen LogP contribution in [0.3, 0.4) is 0 Å². The van der Waals surface area contributed by atoms with Crippen LogP contribution in [0, 0.1) is 12.8 Å². The van der Waals surface area contributed by atoms with Crippen LogP contribution in [0.15, 0.2) is 18.2 Å². The summed E-state index contributed by atoms with van der Waals surface area (Å²) < 4.78 is 0. The van der Waals surface area contributed by atoms with Gasteiger partial charge in [0.25, 0.3) is 0 Å². The molecular formula is C17H28ClN. The summed E-state index contributed by atoms with van der Waals surface area (Å²) >= 11 is 6.39. The zero-order valence-corrected chi connectivity index (χ0v) is 13.6. The molecule has 0 fully saturated rings. The van der Waals surface area contributed by atoms with E-state index in [-0.39, 0.29) is 0 Å². The first-order valence-electron chi connectivity index (χ1n) is 7.55. The SMILES string of the molecule is CCCCC(CC)CC(NC)c1ccc(C)cc1Cl. The van der Waals surface area contributed by atoms with Crippen LogP contribution in [0.2, 0.25) is 5.02 Å². The van der Waals surface area contributed by atoms with Gasteiger partial charge in [-0.1, -0.05) is 63.3 Å². The van der Waals surface area contributed by atoms with E-state index in [1.165, 1.54) is 43.2 Å². The smallest absolute Gasteiger partial charge is 0.0456 e. The molecule has 0 aliphatic carbocycles. The summed E-state index contributed by atoms with van der Waals surface area (Å²) in [6, 6.07) is 6.76. The second kappa shape index (κ2) is 8.60. The van der Waals surface area contributed by atoms with Gasteiger partial charge in [-0.25, -0.2) is 0 Å². The molecule has 2 heteroatoms. The first kappa shape index (κ1) is 16.5. The van der Waals surface area contributed by atoms with Gasteiger partial charge in [-0.05, 0) is 43.5 Å². The topological polar surface area (TPSA) is 12.0 Å². The molecule has 0 amide bonds. The third kappa shape index (κ3) is 5.16. The van der Waals surface area contributed by atoms with Gasteiger partial charge in [-0.3, -0.25) is 0 Å². The molecule has 0 heterocycles. The maximum atomic E-state index is 6.39. The van der Waals surface area contributed by atoms with Crippen molar-refractivity contribution in [3.8, 4) is 0 Å². The summed E-state index contributed by atoms with van der Waals surface area (Å²) in [5, 5.41) is 4.33. The summed E-state index contributed by atoms with van der Waals surface area (Å²) in [5.41, 5.74) is 2.46. The van der Waals surface area contributed by atoms with E-state index in [4.69, 9.17) is 11.6 Å². The normalized spacial score (nSPS) is 14.4. The van der Waals surface area contributed by atoms with Crippen molar-refractivity contribution in [2.75, 3.05) is 7.05 Å². The minimum Gasteiger partial charge on any atom is -0.313 e. The van der Waals surface area contributed by atoms with Crippen molar-refractivity contribution in [2.24, 2.45) is 5.92 Å². The minimum absolute atomic E-state index is 0.370. The number of nitrogens with one attached hydrogen (secondary N) is 1. The Morgan fingerprint density at radius 2 is 2.00 bits per heavy atom. The first-order valence-corrected chi connectivity index (χ1v) is 7.93. The monoisotopic (exact) mass is 281 g/mol. The number of halogens is 1. The zero-order chi connectivity index (χ0) is 14.3. The molecular weight excluding hydrogens is 254 g/mol. The van der Waals surface area contributed by atoms with E-state index in [1.807, 2.05) is 7.05 Å². The van der Waals surface area contributed by atoms with Crippen LogP contribution in [0.5, 0.6) is 0 Å². The zero-order valence-electron chi connectivity index (χ0n) is 12.8. The fraction of sp³-hybridized carbons (Fsp3) is 0.647. The highest BCUT2D eigenvalue weighted by molar-refractivity contribution is 6.31. The third-order valence-electron chi connectivity index (χ3n) is 3.99. The average Bonchev–Trinajstić information content (AvgIpc) is 2.40. The number of hydrogen-bond donors (Lipinski definition) is 1. The van der Waals surface area contributed by atoms with E-state index in [2.05, 4.69) is 44.3 Å². The molecule has 1 rings (SSSR count). The molecule has 0 aliphatic heterocycles. The molecule has 0 bridgehead atoms. The van der Waals surface area contributed by atoms with Crippen molar-refractivity contribution >= 4 is 11.6 Å². The van der Waals surface area contributed by atoms with Crippen LogP contribution in [0.4, 0.5) is 0 Å². The molecule has 0 aliphatic rings. The predicted octanol–water partition coefficient (Wildman–Crippen LogP) is 5.52. The Hall–Kier alpha value is -0.530. The Morgan fingerprint density at radius 1 is 1.26 bits per heavy atom. The van der Waals surface area contributed by atoms with Gasteiger partial charge in [0.15, 0.2) is 0 Å². The molecule has 1 aromatic rings. The highest BCUT2D eigenvalue weighted by Crippen LogP contribution is 2.31. The lowest BCUT2D eigenvalue weighted by Crippen LogP contribution is -2.20. The van der Waals surface area contributed by atoms with Crippen LogP contribution < -0.4 is 5.32 Å². The molecule has 1 nitrogen and oxygen atoms in total. The molecule has 0 saturated carbocycles. The Balaban J connectivity index is 2.76. The van der Waals surface area contributed by atoms with E-state index in [1.54, 1.807) is 0 Å². The van der Waals surface area contributed by atoms with Gasteiger partial charge in [-0.15, -0.1) is 0 Å². The molecule has 0 aromatic heterocycles. The molecule has 19 heavy (non-hydrogen) atoms. The van der Waals surface area contributed by atoms with Gasteiger partial charge in [-0.2, -0.15) is 0 Å². The highest BCUT2D eigenvalue weighted by Gasteiger charge is 2.17. The molecule has 2 unspecified atom stereocenters. The van der Waals surface area contributed by atoms with Crippen LogP contribution in [-0.4, -0.2) is 7.05 Å². The third-order valence-corrected chi connectivity index (χ3v) is 4.32. The molecule has 0 spiro atoms. The van der Waals surface area contributed by atoms with Gasteiger partial charge >= 0.3 is 0 Å². The van der Waals surface area contributed by atoms with E-state index < -0.39 is 0 Å².